The van der Waals surface area contributed by atoms with Crippen LogP contribution in [0.4, 0.5) is 0 Å². The topological polar surface area (TPSA) is 42.2 Å². The Hall–Kier alpha value is -1.04. The minimum absolute atomic E-state index is 0. The Kier molecular flexibility index (Phi) is 5.65. The van der Waals surface area contributed by atoms with Crippen LogP contribution in [-0.2, 0) is 6.54 Å². The van der Waals surface area contributed by atoms with Gasteiger partial charge in [0, 0.05) is 16.9 Å². The molecule has 1 unspecified atom stereocenters. The summed E-state index contributed by atoms with van der Waals surface area (Å²) in [6, 6.07) is 9.19. The standard InChI is InChI=1S/C13H14NO2S.BrH/c1-10(15)13-14(7-8-17-13)9-12(16)11-5-3-2-4-6-11;/h2-8,10,15H,9H2,1H3;1H/q+1;/p-1. The molecule has 1 atom stereocenters. The molecule has 1 aromatic carbocycles. The van der Waals surface area contributed by atoms with Crippen molar-refractivity contribution < 1.29 is 26.9 Å². The number of Topliss-reactive ketones (excluding diaryl/α,β-unsaturated/α-hetero) is 1. The average Bonchev–Trinajstić information content (AvgIpc) is 2.78. The van der Waals surface area contributed by atoms with Crippen LogP contribution in [0.2, 0.25) is 0 Å². The molecule has 0 radical (unpaired) electrons. The molecule has 3 nitrogen and oxygen atoms in total. The monoisotopic (exact) mass is 327 g/mol. The third kappa shape index (κ3) is 3.48. The van der Waals surface area contributed by atoms with E-state index >= 15 is 0 Å². The summed E-state index contributed by atoms with van der Waals surface area (Å²) in [7, 11) is 0. The van der Waals surface area contributed by atoms with E-state index < -0.39 is 6.10 Å². The number of halogens is 1. The lowest BCUT2D eigenvalue weighted by molar-refractivity contribution is -0.0000138. The van der Waals surface area contributed by atoms with E-state index in [0.29, 0.717) is 5.56 Å². The fourth-order valence-corrected chi connectivity index (χ4v) is 2.46. The van der Waals surface area contributed by atoms with E-state index in [1.54, 1.807) is 23.6 Å². The Morgan fingerprint density at radius 3 is 2.72 bits per heavy atom. The summed E-state index contributed by atoms with van der Waals surface area (Å²) in [5.41, 5.74) is 0.697. The molecule has 0 aliphatic rings. The van der Waals surface area contributed by atoms with Gasteiger partial charge in [-0.2, -0.15) is 0 Å². The molecule has 96 valence electrons. The van der Waals surface area contributed by atoms with Gasteiger partial charge >= 0.3 is 0 Å². The number of aromatic nitrogens is 1. The number of ketones is 1. The Balaban J connectivity index is 0.00000162. The van der Waals surface area contributed by atoms with Crippen LogP contribution in [-0.4, -0.2) is 15.5 Å². The summed E-state index contributed by atoms with van der Waals surface area (Å²) in [5, 5.41) is 12.2. The molecular weight excluding hydrogens is 314 g/mol. The molecule has 18 heavy (non-hydrogen) atoms. The highest BCUT2D eigenvalue weighted by Crippen LogP contribution is 2.19. The van der Waals surface area contributed by atoms with Gasteiger partial charge in [-0.1, -0.05) is 30.3 Å². The molecule has 0 amide bonds. The highest BCUT2D eigenvalue weighted by molar-refractivity contribution is 7.09. The van der Waals surface area contributed by atoms with Gasteiger partial charge in [0.1, 0.15) is 12.6 Å². The zero-order valence-corrected chi connectivity index (χ0v) is 12.3. The van der Waals surface area contributed by atoms with E-state index in [0.717, 1.165) is 5.01 Å². The highest BCUT2D eigenvalue weighted by Gasteiger charge is 2.18. The van der Waals surface area contributed by atoms with Crippen molar-refractivity contribution in [2.24, 2.45) is 0 Å². The van der Waals surface area contributed by atoms with Crippen molar-refractivity contribution in [2.45, 2.75) is 19.6 Å². The molecule has 2 aromatic rings. The minimum Gasteiger partial charge on any atom is -1.00 e. The molecular formula is C13H14BrNO2S. The summed E-state index contributed by atoms with van der Waals surface area (Å²) < 4.78 is 1.80. The van der Waals surface area contributed by atoms with E-state index in [1.807, 2.05) is 29.8 Å². The normalized spacial score (nSPS) is 11.7. The van der Waals surface area contributed by atoms with Crippen molar-refractivity contribution in [2.75, 3.05) is 0 Å². The van der Waals surface area contributed by atoms with E-state index in [4.69, 9.17) is 0 Å². The Bertz CT molecular complexity index is 511. The second kappa shape index (κ2) is 6.78. The smallest absolute Gasteiger partial charge is 0.205 e. The van der Waals surface area contributed by atoms with Crippen molar-refractivity contribution in [3.05, 3.63) is 52.5 Å². The Labute approximate surface area is 120 Å². The second-order valence-corrected chi connectivity index (χ2v) is 4.76. The van der Waals surface area contributed by atoms with Crippen LogP contribution >= 0.6 is 11.3 Å². The fraction of sp³-hybridized carbons (Fsp3) is 0.231. The summed E-state index contributed by atoms with van der Waals surface area (Å²) in [6.45, 7) is 1.98. The molecule has 1 heterocycles. The SMILES string of the molecule is CC(O)[c+]1sccn1CC(=O)c1ccccc1.[Br-]. The third-order valence-electron chi connectivity index (χ3n) is 2.48. The number of rotatable bonds is 4. The zero-order chi connectivity index (χ0) is 12.3. The largest absolute Gasteiger partial charge is 1.00 e. The van der Waals surface area contributed by atoms with Crippen LogP contribution in [0.15, 0.2) is 41.9 Å². The molecule has 0 fully saturated rings. The summed E-state index contributed by atoms with van der Waals surface area (Å²) >= 11 is 1.46. The van der Waals surface area contributed by atoms with Gasteiger partial charge in [-0.05, 0) is 6.92 Å². The molecule has 1 aromatic heterocycles. The second-order valence-electron chi connectivity index (χ2n) is 3.83. The third-order valence-corrected chi connectivity index (χ3v) is 3.55. The first-order valence-corrected chi connectivity index (χ1v) is 6.29. The van der Waals surface area contributed by atoms with Crippen LogP contribution in [0.1, 0.15) is 28.4 Å². The molecule has 0 saturated carbocycles. The van der Waals surface area contributed by atoms with Gasteiger partial charge in [-0.25, -0.2) is 4.57 Å². The first-order chi connectivity index (χ1) is 8.18. The van der Waals surface area contributed by atoms with Gasteiger partial charge in [-0.15, -0.1) is 0 Å². The summed E-state index contributed by atoms with van der Waals surface area (Å²) in [5.74, 6) is 0.0518. The van der Waals surface area contributed by atoms with Gasteiger partial charge in [-0.3, -0.25) is 4.79 Å². The molecule has 0 bridgehead atoms. The number of carbonyl (C=O) groups is 1. The van der Waals surface area contributed by atoms with Crippen molar-refractivity contribution in [1.82, 2.24) is 4.57 Å². The number of hydrogen-bond acceptors (Lipinski definition) is 3. The molecule has 1 N–H and O–H groups in total. The summed E-state index contributed by atoms with van der Waals surface area (Å²) in [6.07, 6.45) is 1.28. The predicted octanol–water partition coefficient (Wildman–Crippen LogP) is -0.229. The Morgan fingerprint density at radius 1 is 1.44 bits per heavy atom. The molecule has 2 rings (SSSR count). The van der Waals surface area contributed by atoms with Gasteiger partial charge in [0.2, 0.25) is 5.01 Å². The van der Waals surface area contributed by atoms with Gasteiger partial charge in [0.15, 0.2) is 17.4 Å². The lowest BCUT2D eigenvalue weighted by Gasteiger charge is -2.03. The lowest BCUT2D eigenvalue weighted by Crippen LogP contribution is -3.00. The maximum absolute atomic E-state index is 12.0. The lowest BCUT2D eigenvalue weighted by atomic mass is 10.1. The first kappa shape index (κ1) is 15.0. The number of nitrogens with zero attached hydrogens (tertiary/aromatic N) is 1. The molecule has 0 saturated heterocycles. The number of thiazole rings is 1. The number of carbonyl (C=O) groups excluding carboxylic acids is 1. The van der Waals surface area contributed by atoms with Crippen LogP contribution in [0.25, 0.3) is 0 Å². The predicted molar refractivity (Wildman–Crippen MR) is 68.1 cm³/mol. The van der Waals surface area contributed by atoms with E-state index in [2.05, 4.69) is 0 Å². The Morgan fingerprint density at radius 2 is 2.11 bits per heavy atom. The van der Waals surface area contributed by atoms with Crippen molar-refractivity contribution in [3.8, 4) is 0 Å². The fourth-order valence-electron chi connectivity index (χ4n) is 1.65. The quantitative estimate of drug-likeness (QED) is 0.622. The van der Waals surface area contributed by atoms with Crippen molar-refractivity contribution in [1.29, 1.82) is 0 Å². The van der Waals surface area contributed by atoms with Gasteiger partial charge in [0.25, 0.3) is 0 Å². The van der Waals surface area contributed by atoms with Gasteiger partial charge < -0.3 is 22.1 Å². The van der Waals surface area contributed by atoms with E-state index in [-0.39, 0.29) is 29.3 Å². The summed E-state index contributed by atoms with van der Waals surface area (Å²) in [4.78, 5) is 12.0. The molecule has 0 aliphatic carbocycles. The van der Waals surface area contributed by atoms with Crippen LogP contribution < -0.4 is 17.0 Å². The first-order valence-electron chi connectivity index (χ1n) is 5.41. The van der Waals surface area contributed by atoms with Crippen LogP contribution in [0.3, 0.4) is 0 Å². The molecule has 0 spiro atoms. The number of benzene rings is 1. The highest BCUT2D eigenvalue weighted by atomic mass is 79.9. The number of hydrogen-bond donors (Lipinski definition) is 1. The number of aliphatic hydroxyl groups is 1. The number of aliphatic hydroxyl groups excluding tert-OH is 1. The van der Waals surface area contributed by atoms with Crippen LogP contribution in [0, 0.1) is 0 Å². The van der Waals surface area contributed by atoms with E-state index in [1.165, 1.54) is 11.3 Å². The van der Waals surface area contributed by atoms with E-state index in [9.17, 15) is 9.90 Å². The van der Waals surface area contributed by atoms with Crippen molar-refractivity contribution >= 4 is 17.1 Å². The average molecular weight is 328 g/mol. The molecule has 5 heteroatoms. The maximum atomic E-state index is 12.0. The maximum Gasteiger partial charge on any atom is 0.205 e. The van der Waals surface area contributed by atoms with Crippen LogP contribution in [0.5, 0.6) is 0 Å². The minimum atomic E-state index is -0.543. The molecule has 0 aliphatic heterocycles. The van der Waals surface area contributed by atoms with Gasteiger partial charge in [0.05, 0.1) is 0 Å². The zero-order valence-electron chi connectivity index (χ0n) is 9.91. The van der Waals surface area contributed by atoms with Crippen molar-refractivity contribution in [3.63, 3.8) is 0 Å².